The monoisotopic (exact) mass is 509 g/mol. The summed E-state index contributed by atoms with van der Waals surface area (Å²) in [4.78, 5) is 48.5. The van der Waals surface area contributed by atoms with Crippen molar-refractivity contribution >= 4 is 23.7 Å². The third-order valence-corrected chi connectivity index (χ3v) is 6.58. The molecule has 2 aliphatic rings. The van der Waals surface area contributed by atoms with E-state index < -0.39 is 0 Å². The van der Waals surface area contributed by atoms with E-state index in [-0.39, 0.29) is 29.8 Å². The van der Waals surface area contributed by atoms with Crippen molar-refractivity contribution in [3.63, 3.8) is 0 Å². The van der Waals surface area contributed by atoms with Crippen LogP contribution in [0.1, 0.15) is 24.8 Å². The number of hydrogen-bond donors (Lipinski definition) is 3. The van der Waals surface area contributed by atoms with Gasteiger partial charge in [0.25, 0.3) is 0 Å². The maximum Gasteiger partial charge on any atom is 0.320 e. The number of amides is 4. The van der Waals surface area contributed by atoms with Crippen molar-refractivity contribution < 1.29 is 19.1 Å². The number of nitrogens with one attached hydrogen (secondary N) is 3. The summed E-state index contributed by atoms with van der Waals surface area (Å²) in [7, 11) is 3.49. The van der Waals surface area contributed by atoms with Crippen LogP contribution in [0.2, 0.25) is 0 Å². The number of nitrogens with zero attached hydrogens (tertiary/aromatic N) is 4. The number of ether oxygens (including phenoxy) is 1. The van der Waals surface area contributed by atoms with Gasteiger partial charge in [-0.15, -0.1) is 0 Å². The lowest BCUT2D eigenvalue weighted by Crippen LogP contribution is -2.50. The van der Waals surface area contributed by atoms with Crippen LogP contribution in [0.3, 0.4) is 0 Å². The van der Waals surface area contributed by atoms with Crippen LogP contribution in [-0.4, -0.2) is 90.5 Å². The van der Waals surface area contributed by atoms with Gasteiger partial charge in [0.1, 0.15) is 5.75 Å². The number of likely N-dealkylation sites (tertiary alicyclic amines) is 1. The van der Waals surface area contributed by atoms with Crippen LogP contribution in [0.15, 0.2) is 30.6 Å². The molecule has 0 radical (unpaired) electrons. The van der Waals surface area contributed by atoms with Crippen molar-refractivity contribution in [2.45, 2.75) is 32.2 Å². The minimum Gasteiger partial charge on any atom is -0.493 e. The van der Waals surface area contributed by atoms with Crippen molar-refractivity contribution in [2.75, 3.05) is 52.2 Å². The molecule has 1 unspecified atom stereocenters. The number of carbonyl (C=O) groups is 3. The Bertz CT molecular complexity index is 1140. The fraction of sp³-hybridized carbons (Fsp3) is 0.500. The first-order chi connectivity index (χ1) is 17.8. The molecular formula is C26H35N7O4. The number of rotatable bonds is 8. The molecule has 3 heterocycles. The molecule has 0 bridgehead atoms. The second-order valence-electron chi connectivity index (χ2n) is 9.92. The third kappa shape index (κ3) is 7.39. The van der Waals surface area contributed by atoms with E-state index in [1.807, 2.05) is 25.1 Å². The zero-order valence-corrected chi connectivity index (χ0v) is 21.6. The van der Waals surface area contributed by atoms with Crippen molar-refractivity contribution in [3.05, 3.63) is 36.2 Å². The average Bonchev–Trinajstić information content (AvgIpc) is 3.28. The molecule has 0 spiro atoms. The maximum atomic E-state index is 12.6. The molecule has 2 aromatic rings. The number of aryl methyl sites for hydroxylation is 1. The minimum atomic E-state index is -0.350. The molecule has 3 N–H and O–H groups in total. The summed E-state index contributed by atoms with van der Waals surface area (Å²) in [6.07, 6.45) is 5.42. The zero-order valence-electron chi connectivity index (χ0n) is 21.6. The molecule has 11 nitrogen and oxygen atoms in total. The molecule has 4 amide bonds. The van der Waals surface area contributed by atoms with Gasteiger partial charge in [0, 0.05) is 51.1 Å². The maximum absolute atomic E-state index is 12.6. The second kappa shape index (κ2) is 12.0. The fourth-order valence-corrected chi connectivity index (χ4v) is 4.51. The smallest absolute Gasteiger partial charge is 0.320 e. The van der Waals surface area contributed by atoms with E-state index >= 15 is 0 Å². The Morgan fingerprint density at radius 2 is 2.11 bits per heavy atom. The molecule has 2 fully saturated rings. The van der Waals surface area contributed by atoms with Crippen LogP contribution in [0, 0.1) is 12.8 Å². The highest BCUT2D eigenvalue weighted by atomic mass is 16.5. The normalized spacial score (nSPS) is 19.7. The van der Waals surface area contributed by atoms with Crippen molar-refractivity contribution in [3.8, 4) is 17.0 Å². The minimum absolute atomic E-state index is 0.0480. The predicted octanol–water partition coefficient (Wildman–Crippen LogP) is 1.64. The van der Waals surface area contributed by atoms with Gasteiger partial charge in [0.15, 0.2) is 5.82 Å². The van der Waals surface area contributed by atoms with Crippen molar-refractivity contribution in [1.82, 2.24) is 30.4 Å². The van der Waals surface area contributed by atoms with Crippen LogP contribution >= 0.6 is 0 Å². The highest BCUT2D eigenvalue weighted by molar-refractivity contribution is 5.88. The van der Waals surface area contributed by atoms with Gasteiger partial charge >= 0.3 is 6.03 Å². The van der Waals surface area contributed by atoms with Gasteiger partial charge in [-0.05, 0) is 50.1 Å². The van der Waals surface area contributed by atoms with Gasteiger partial charge in [0.05, 0.1) is 31.2 Å². The van der Waals surface area contributed by atoms with Gasteiger partial charge in [-0.25, -0.2) is 9.78 Å². The Morgan fingerprint density at radius 3 is 2.84 bits per heavy atom. The summed E-state index contributed by atoms with van der Waals surface area (Å²) in [5.41, 5.74) is 2.43. The second-order valence-corrected chi connectivity index (χ2v) is 9.92. The zero-order chi connectivity index (χ0) is 26.4. The summed E-state index contributed by atoms with van der Waals surface area (Å²) in [6, 6.07) is 5.36. The van der Waals surface area contributed by atoms with Gasteiger partial charge in [-0.3, -0.25) is 24.8 Å². The lowest BCUT2D eigenvalue weighted by Gasteiger charge is -2.33. The Balaban J connectivity index is 1.31. The SMILES string of the molecule is Cc1cc(-c2cncc(NC(=O)N[C@H]3CCCN(CC(=O)N(C)C)C3)n2)ccc1OCC1CNC(=O)C1. The molecule has 2 saturated heterocycles. The van der Waals surface area contributed by atoms with Crippen molar-refractivity contribution in [2.24, 2.45) is 5.92 Å². The first-order valence-electron chi connectivity index (χ1n) is 12.6. The fourth-order valence-electron chi connectivity index (χ4n) is 4.51. The molecule has 2 aliphatic heterocycles. The first kappa shape index (κ1) is 26.3. The molecular weight excluding hydrogens is 474 g/mol. The van der Waals surface area contributed by atoms with E-state index in [4.69, 9.17) is 4.74 Å². The molecule has 0 aliphatic carbocycles. The van der Waals surface area contributed by atoms with Gasteiger partial charge < -0.3 is 20.3 Å². The lowest BCUT2D eigenvalue weighted by molar-refractivity contribution is -0.130. The predicted molar refractivity (Wildman–Crippen MR) is 139 cm³/mol. The largest absolute Gasteiger partial charge is 0.493 e. The third-order valence-electron chi connectivity index (χ3n) is 6.58. The Labute approximate surface area is 217 Å². The standard InChI is InChI=1S/C26H35N7O4/c1-17-9-19(6-7-22(17)37-16-18-10-24(34)28-11-18)21-12-27-13-23(30-21)31-26(36)29-20-5-4-8-33(14-20)15-25(35)32(2)3/h6-7,9,12-13,18,20H,4-5,8,10-11,14-16H2,1-3H3,(H,28,34)(H2,29,30,31,36)/t18?,20-/m0/s1. The van der Waals surface area contributed by atoms with E-state index in [0.717, 1.165) is 36.3 Å². The number of aromatic nitrogens is 2. The number of carbonyl (C=O) groups excluding carboxylic acids is 3. The average molecular weight is 510 g/mol. The summed E-state index contributed by atoms with van der Waals surface area (Å²) < 4.78 is 5.93. The number of likely N-dealkylation sites (N-methyl/N-ethyl adjacent to an activating group) is 1. The number of piperidine rings is 1. The Kier molecular flexibility index (Phi) is 8.54. The van der Waals surface area contributed by atoms with Crippen LogP contribution in [0.25, 0.3) is 11.3 Å². The number of hydrogen-bond acceptors (Lipinski definition) is 7. The van der Waals surface area contributed by atoms with Crippen LogP contribution in [0.5, 0.6) is 5.75 Å². The topological polar surface area (TPSA) is 129 Å². The molecule has 11 heteroatoms. The van der Waals surface area contributed by atoms with E-state index in [0.29, 0.717) is 44.2 Å². The summed E-state index contributed by atoms with van der Waals surface area (Å²) in [5, 5.41) is 8.59. The van der Waals surface area contributed by atoms with Gasteiger partial charge in [-0.1, -0.05) is 0 Å². The lowest BCUT2D eigenvalue weighted by atomic mass is 10.1. The highest BCUT2D eigenvalue weighted by Crippen LogP contribution is 2.26. The Hall–Kier alpha value is -3.73. The molecule has 0 saturated carbocycles. The number of anilines is 1. The van der Waals surface area contributed by atoms with Gasteiger partial charge in [-0.2, -0.15) is 0 Å². The van der Waals surface area contributed by atoms with Gasteiger partial charge in [0.2, 0.25) is 11.8 Å². The molecule has 1 aromatic carbocycles. The molecule has 1 aromatic heterocycles. The van der Waals surface area contributed by atoms with E-state index in [9.17, 15) is 14.4 Å². The molecule has 198 valence electrons. The Morgan fingerprint density at radius 1 is 1.27 bits per heavy atom. The summed E-state index contributed by atoms with van der Waals surface area (Å²) in [6.45, 7) is 4.90. The number of benzene rings is 1. The van der Waals surface area contributed by atoms with E-state index in [1.54, 1.807) is 25.2 Å². The highest BCUT2D eigenvalue weighted by Gasteiger charge is 2.24. The van der Waals surface area contributed by atoms with E-state index in [1.165, 1.54) is 6.20 Å². The molecule has 4 rings (SSSR count). The van der Waals surface area contributed by atoms with Crippen LogP contribution in [-0.2, 0) is 9.59 Å². The molecule has 37 heavy (non-hydrogen) atoms. The van der Waals surface area contributed by atoms with Crippen LogP contribution in [0.4, 0.5) is 10.6 Å². The summed E-state index contributed by atoms with van der Waals surface area (Å²) in [5.74, 6) is 1.41. The summed E-state index contributed by atoms with van der Waals surface area (Å²) >= 11 is 0. The van der Waals surface area contributed by atoms with E-state index in [2.05, 4.69) is 30.8 Å². The number of urea groups is 1. The first-order valence-corrected chi connectivity index (χ1v) is 12.6. The quantitative estimate of drug-likeness (QED) is 0.493. The molecule has 2 atom stereocenters. The van der Waals surface area contributed by atoms with Crippen LogP contribution < -0.4 is 20.7 Å². The van der Waals surface area contributed by atoms with Crippen molar-refractivity contribution in [1.29, 1.82) is 0 Å².